The maximum absolute atomic E-state index is 14.6. The van der Waals surface area contributed by atoms with Gasteiger partial charge >= 0.3 is 0 Å². The number of unbranched alkanes of at least 4 members (excludes halogenated alkanes) is 1. The molecule has 0 bridgehead atoms. The number of ether oxygens (including phenoxy) is 1. The van der Waals surface area contributed by atoms with Crippen LogP contribution in [0.15, 0.2) is 105 Å². The van der Waals surface area contributed by atoms with Crippen molar-refractivity contribution < 1.29 is 47.9 Å². The van der Waals surface area contributed by atoms with Gasteiger partial charge in [-0.15, -0.1) is 0 Å². The molecule has 1 amide bonds. The molecule has 0 spiro atoms. The molecule has 29 nitrogen and oxygen atoms in total. The predicted molar refractivity (Wildman–Crippen MR) is 449 cm³/mol. The van der Waals surface area contributed by atoms with Gasteiger partial charge in [0, 0.05) is 146 Å². The Labute approximate surface area is 686 Å². The monoisotopic (exact) mass is 1620 g/mol. The third-order valence-corrected chi connectivity index (χ3v) is 20.2. The van der Waals surface area contributed by atoms with E-state index in [-0.39, 0.29) is 78.1 Å². The molecule has 3 atom stereocenters. The molecule has 0 radical (unpaired) electrons. The van der Waals surface area contributed by atoms with E-state index in [0.717, 1.165) is 113 Å². The number of aliphatic hydroxyl groups is 4. The molecule has 14 heterocycles. The molecule has 3 fully saturated rings. The van der Waals surface area contributed by atoms with Gasteiger partial charge in [0.25, 0.3) is 5.91 Å². The van der Waals surface area contributed by atoms with Crippen molar-refractivity contribution in [2.75, 3.05) is 69.9 Å². The number of aromatic nitrogens is 16. The van der Waals surface area contributed by atoms with Crippen molar-refractivity contribution in [3.8, 4) is 98.1 Å². The van der Waals surface area contributed by atoms with Crippen molar-refractivity contribution in [3.05, 3.63) is 139 Å². The number of likely N-dealkylation sites (N-methyl/N-ethyl adjacent to an activating group) is 1. The van der Waals surface area contributed by atoms with Gasteiger partial charge in [-0.3, -0.25) is 9.69 Å². The van der Waals surface area contributed by atoms with Gasteiger partial charge in [-0.25, -0.2) is 73.0 Å². The number of hydrogen-bond donors (Lipinski definition) is 8. The molecule has 12 aromatic heterocycles. The van der Waals surface area contributed by atoms with Crippen LogP contribution in [0.5, 0.6) is 5.75 Å². The Kier molecular flexibility index (Phi) is 25.5. The van der Waals surface area contributed by atoms with Crippen molar-refractivity contribution in [1.29, 1.82) is 0 Å². The van der Waals surface area contributed by atoms with E-state index in [1.54, 1.807) is 105 Å². The first-order valence-corrected chi connectivity index (χ1v) is 38.9. The second kappa shape index (κ2) is 35.5. The third kappa shape index (κ3) is 20.4. The third-order valence-electron chi connectivity index (χ3n) is 20.2. The van der Waals surface area contributed by atoms with Gasteiger partial charge in [0.1, 0.15) is 69.1 Å². The van der Waals surface area contributed by atoms with Gasteiger partial charge in [-0.1, -0.05) is 23.7 Å². The fraction of sp³-hybridized carbons (Fsp3) is 0.379. The van der Waals surface area contributed by atoms with Crippen LogP contribution < -0.4 is 27.7 Å². The Morgan fingerprint density at radius 2 is 1.08 bits per heavy atom. The number of nitrogen functional groups attached to an aromatic ring is 4. The summed E-state index contributed by atoms with van der Waals surface area (Å²) in [6, 6.07) is 9.51. The van der Waals surface area contributed by atoms with E-state index in [1.807, 2.05) is 66.0 Å². The van der Waals surface area contributed by atoms with Crippen LogP contribution in [0.1, 0.15) is 155 Å². The highest BCUT2D eigenvalue weighted by Gasteiger charge is 2.43. The molecule has 0 aromatic carbocycles. The van der Waals surface area contributed by atoms with E-state index in [1.165, 1.54) is 4.90 Å². The smallest absolute Gasteiger partial charge is 0.267 e. The number of alkyl halides is 1. The van der Waals surface area contributed by atoms with Crippen LogP contribution in [-0.2, 0) is 16.1 Å². The van der Waals surface area contributed by atoms with Crippen LogP contribution in [0.4, 0.5) is 37.0 Å². The summed E-state index contributed by atoms with van der Waals surface area (Å²) >= 11 is 0. The first-order valence-electron chi connectivity index (χ1n) is 38.9. The lowest BCUT2D eigenvalue weighted by Crippen LogP contribution is -2.37. The molecular weight excluding hydrogens is 1520 g/mol. The minimum Gasteiger partial charge on any atom is -0.493 e. The molecule has 119 heavy (non-hydrogen) atoms. The lowest BCUT2D eigenvalue weighted by molar-refractivity contribution is -0.137. The Balaban J connectivity index is 0.000000146. The highest BCUT2D eigenvalue weighted by Crippen LogP contribution is 2.42. The maximum Gasteiger partial charge on any atom is 0.267 e. The maximum atomic E-state index is 14.6. The van der Waals surface area contributed by atoms with Crippen LogP contribution in [0.3, 0.4) is 0 Å². The van der Waals surface area contributed by atoms with Gasteiger partial charge in [-0.2, -0.15) is 0 Å². The molecule has 2 saturated heterocycles. The zero-order valence-electron chi connectivity index (χ0n) is 68.3. The van der Waals surface area contributed by atoms with Crippen molar-refractivity contribution >= 4 is 79.1 Å². The molecule has 32 heteroatoms. The van der Waals surface area contributed by atoms with Gasteiger partial charge in [0.05, 0.1) is 78.2 Å². The van der Waals surface area contributed by atoms with Crippen LogP contribution in [0.2, 0.25) is 0 Å². The second-order valence-corrected chi connectivity index (χ2v) is 31.4. The molecule has 1 saturated carbocycles. The van der Waals surface area contributed by atoms with Crippen LogP contribution in [0, 0.1) is 64.9 Å². The number of nitrogens with zero attached hydrogens (tertiary/aromatic N) is 18. The van der Waals surface area contributed by atoms with E-state index < -0.39 is 39.9 Å². The lowest BCUT2D eigenvalue weighted by Gasteiger charge is -2.16. The normalized spacial score (nSPS) is 15.8. The van der Waals surface area contributed by atoms with Crippen molar-refractivity contribution in [2.45, 2.75) is 161 Å². The lowest BCUT2D eigenvalue weighted by atomic mass is 10.0. The standard InChI is InChI=1S/C22H24F2N6O.2C22H25N5O2.C21H21FN6O2/c1-22(2,31)5-3-14-9-16-17(20-18(24)10-27-21(25)28-20)13-30(19(16)11-26-14)15-4-7-29(12-15)8-6-23;1-13(2)27-12-17(20-19(29-4)11-25-21(23)26-20)16-9-15(24-10-18(16)27)7-8-22(3,28)14-5-6-14;1-15(28)6-4-5-11-27-14-18(19-8-10-24-21(23)26-19)17-12-16(25-13-20(17)27)7-9-22(2,3)29;1-12(2)28-11-15(18-16(22)9-25-20(23)26-18)14-8-13(24-10-17(14)28)4-5-21(30)6-7-27(3)19(21)29/h9-11,13,15,31H,4,6-8,12H2,1-2H3,(H2,25,27,28);9-14,28H,5-6H2,1-4H3,(H2,23,25,26);8,10,12-14,29H,4-6,11H2,1-3H3,(H2,23,24,26);8-12,30H,6-7H2,1-3H3,(H2,23,25,26). The summed E-state index contributed by atoms with van der Waals surface area (Å²) in [6.45, 7) is 20.7. The van der Waals surface area contributed by atoms with Crippen molar-refractivity contribution in [3.63, 3.8) is 0 Å². The summed E-state index contributed by atoms with van der Waals surface area (Å²) in [5, 5.41) is 44.0. The number of carbonyl (C=O) groups excluding carboxylic acids is 2. The number of fused-ring (bicyclic) bond motifs is 4. The molecule has 15 rings (SSSR count). The Hall–Kier alpha value is -13.0. The highest BCUT2D eigenvalue weighted by molar-refractivity contribution is 5.99. The molecule has 1 aliphatic carbocycles. The number of ketones is 1. The Morgan fingerprint density at radius 3 is 1.59 bits per heavy atom. The first kappa shape index (κ1) is 85.4. The van der Waals surface area contributed by atoms with Crippen molar-refractivity contribution in [2.24, 2.45) is 5.92 Å². The first-order chi connectivity index (χ1) is 56.5. The molecule has 12 N–H and O–H groups in total. The van der Waals surface area contributed by atoms with E-state index in [9.17, 15) is 43.2 Å². The van der Waals surface area contributed by atoms with Gasteiger partial charge in [0.2, 0.25) is 29.4 Å². The van der Waals surface area contributed by atoms with Gasteiger partial charge in [-0.05, 0) is 161 Å². The SMILES string of the molecule is CC(=O)CCCCn1cc(-c2ccnc(N)n2)c2cc(C#CC(C)(C)O)ncc21.CC(C)(O)C#Cc1cc2c(-c3nc(N)ncc3F)cn(C3CCN(CCF)C3)c2cn1.CC(C)n1cc(-c2nc(N)ncc2F)c2cc(C#CC3(O)CCN(C)C3=O)ncc21.COc1cnc(N)nc1-c1cn(C(C)C)c2cnc(C#CC(C)(O)C3CC3)cc12. The van der Waals surface area contributed by atoms with Crippen LogP contribution in [0.25, 0.3) is 88.6 Å². The number of nitrogens with two attached hydrogens (primary N) is 4. The minimum atomic E-state index is -1.72. The summed E-state index contributed by atoms with van der Waals surface area (Å²) < 4.78 is 55.6. The number of amides is 1. The van der Waals surface area contributed by atoms with E-state index in [0.29, 0.717) is 76.8 Å². The Bertz CT molecular complexity index is 6110. The molecule has 3 aliphatic rings. The highest BCUT2D eigenvalue weighted by atomic mass is 19.1. The number of rotatable bonds is 16. The van der Waals surface area contributed by atoms with Crippen LogP contribution >= 0.6 is 0 Å². The largest absolute Gasteiger partial charge is 0.493 e. The topological polar surface area (TPSA) is 409 Å². The number of methoxy groups -OCH3 is 1. The number of likely N-dealkylation sites (tertiary alicyclic amines) is 2. The number of anilines is 4. The van der Waals surface area contributed by atoms with Gasteiger partial charge < -0.3 is 76.1 Å². The average molecular weight is 1620 g/mol. The number of pyridine rings is 4. The predicted octanol–water partition coefficient (Wildman–Crippen LogP) is 10.4. The quantitative estimate of drug-likeness (QED) is 0.0329. The number of hydrogen-bond acceptors (Lipinski definition) is 24. The number of carbonyl (C=O) groups is 2. The molecule has 3 unspecified atom stereocenters. The second-order valence-electron chi connectivity index (χ2n) is 31.4. The number of aryl methyl sites for hydroxylation is 1. The molecular formula is C87H95F3N22O7. The van der Waals surface area contributed by atoms with Crippen LogP contribution in [-0.4, -0.2) is 189 Å². The van der Waals surface area contributed by atoms with Crippen molar-refractivity contribution in [1.82, 2.24) is 87.9 Å². The number of halogens is 3. The zero-order valence-corrected chi connectivity index (χ0v) is 68.3. The minimum absolute atomic E-state index is 0.0246. The molecule has 2 aliphatic heterocycles. The van der Waals surface area contributed by atoms with E-state index in [4.69, 9.17) is 27.7 Å². The number of Topliss-reactive ketones (excluding diaryl/α,β-unsaturated/α-hetero) is 1. The average Bonchev–Trinajstić information content (AvgIpc) is 1.53. The molecule has 616 valence electrons. The fourth-order valence-corrected chi connectivity index (χ4v) is 13.9. The fourth-order valence-electron chi connectivity index (χ4n) is 13.9. The summed E-state index contributed by atoms with van der Waals surface area (Å²) in [4.78, 5) is 76.9. The van der Waals surface area contributed by atoms with Gasteiger partial charge in [0.15, 0.2) is 17.4 Å². The summed E-state index contributed by atoms with van der Waals surface area (Å²) in [5.41, 5.74) is 27.9. The summed E-state index contributed by atoms with van der Waals surface area (Å²) in [7, 11) is 3.20. The van der Waals surface area contributed by atoms with E-state index >= 15 is 0 Å². The summed E-state index contributed by atoms with van der Waals surface area (Å²) in [5.74, 6) is 22.5. The van der Waals surface area contributed by atoms with E-state index in [2.05, 4.69) is 135 Å². The summed E-state index contributed by atoms with van der Waals surface area (Å²) in [6.07, 6.45) is 25.3. The Morgan fingerprint density at radius 1 is 0.597 bits per heavy atom. The molecule has 12 aromatic rings. The zero-order chi connectivity index (χ0) is 85.6.